The first-order valence-corrected chi connectivity index (χ1v) is 7.92. The molecule has 2 aromatic heterocycles. The van der Waals surface area contributed by atoms with Gasteiger partial charge in [0.05, 0.1) is 12.3 Å². The normalized spacial score (nSPS) is 26.7. The van der Waals surface area contributed by atoms with Gasteiger partial charge >= 0.3 is 5.97 Å². The van der Waals surface area contributed by atoms with E-state index < -0.39 is 5.97 Å². The van der Waals surface area contributed by atoms with Crippen LogP contribution in [0.3, 0.4) is 0 Å². The second kappa shape index (κ2) is 4.97. The molecule has 2 aliphatic rings. The van der Waals surface area contributed by atoms with E-state index >= 15 is 0 Å². The van der Waals surface area contributed by atoms with Crippen molar-refractivity contribution in [3.05, 3.63) is 23.5 Å². The SMILES string of the molecule is CCOC(=O)c1cc2nc(C3CC4CCC3C4)cc(O)n2n1. The van der Waals surface area contributed by atoms with E-state index in [4.69, 9.17) is 4.74 Å². The van der Waals surface area contributed by atoms with Gasteiger partial charge in [-0.2, -0.15) is 9.61 Å². The lowest BCUT2D eigenvalue weighted by molar-refractivity contribution is 0.0519. The van der Waals surface area contributed by atoms with Gasteiger partial charge in [-0.1, -0.05) is 6.42 Å². The Kier molecular flexibility index (Phi) is 3.06. The van der Waals surface area contributed by atoms with Crippen molar-refractivity contribution >= 4 is 11.6 Å². The van der Waals surface area contributed by atoms with Gasteiger partial charge < -0.3 is 9.84 Å². The van der Waals surface area contributed by atoms with Gasteiger partial charge in [0.2, 0.25) is 5.88 Å². The summed E-state index contributed by atoms with van der Waals surface area (Å²) in [6.45, 7) is 2.04. The van der Waals surface area contributed by atoms with Crippen LogP contribution in [0.25, 0.3) is 5.65 Å². The average Bonchev–Trinajstić information content (AvgIpc) is 3.21. The minimum Gasteiger partial charge on any atom is -0.493 e. The fourth-order valence-corrected chi connectivity index (χ4v) is 4.08. The van der Waals surface area contributed by atoms with Crippen molar-refractivity contribution in [3.63, 3.8) is 0 Å². The number of fused-ring (bicyclic) bond motifs is 3. The molecule has 0 aromatic carbocycles. The highest BCUT2D eigenvalue weighted by Crippen LogP contribution is 2.52. The molecule has 6 heteroatoms. The van der Waals surface area contributed by atoms with Crippen molar-refractivity contribution in [2.24, 2.45) is 11.8 Å². The maximum absolute atomic E-state index is 11.8. The van der Waals surface area contributed by atoms with Gasteiger partial charge in [0.15, 0.2) is 11.3 Å². The van der Waals surface area contributed by atoms with Crippen LogP contribution >= 0.6 is 0 Å². The molecule has 2 fully saturated rings. The Balaban J connectivity index is 1.71. The highest BCUT2D eigenvalue weighted by Gasteiger charge is 2.41. The molecule has 2 bridgehead atoms. The molecule has 1 N–H and O–H groups in total. The summed E-state index contributed by atoms with van der Waals surface area (Å²) in [5.41, 5.74) is 1.60. The number of aromatic nitrogens is 3. The summed E-state index contributed by atoms with van der Waals surface area (Å²) < 4.78 is 6.24. The lowest BCUT2D eigenvalue weighted by atomic mass is 9.86. The highest BCUT2D eigenvalue weighted by molar-refractivity contribution is 5.88. The molecular formula is C16H19N3O3. The molecular weight excluding hydrogens is 282 g/mol. The van der Waals surface area contributed by atoms with Crippen LogP contribution < -0.4 is 0 Å². The first-order chi connectivity index (χ1) is 10.7. The molecule has 3 atom stereocenters. The second-order valence-electron chi connectivity index (χ2n) is 6.34. The Morgan fingerprint density at radius 1 is 1.41 bits per heavy atom. The lowest BCUT2D eigenvalue weighted by Crippen LogP contribution is -2.11. The zero-order chi connectivity index (χ0) is 15.3. The molecule has 3 unspecified atom stereocenters. The molecule has 2 heterocycles. The van der Waals surface area contributed by atoms with E-state index in [1.54, 1.807) is 19.1 Å². The Morgan fingerprint density at radius 2 is 2.27 bits per heavy atom. The van der Waals surface area contributed by atoms with Crippen molar-refractivity contribution in [2.45, 2.75) is 38.5 Å². The third-order valence-corrected chi connectivity index (χ3v) is 5.03. The third kappa shape index (κ3) is 2.05. The summed E-state index contributed by atoms with van der Waals surface area (Å²) in [6.07, 6.45) is 5.03. The zero-order valence-corrected chi connectivity index (χ0v) is 12.5. The minimum atomic E-state index is -0.492. The standard InChI is InChI=1S/C16H19N3O3/c1-2-22-16(21)13-7-14-17-12(8-15(20)19(14)18-13)11-6-9-3-4-10(11)5-9/h7-11,20H,2-6H2,1H3. The van der Waals surface area contributed by atoms with Gasteiger partial charge in [0.25, 0.3) is 0 Å². The largest absolute Gasteiger partial charge is 0.493 e. The van der Waals surface area contributed by atoms with Gasteiger partial charge in [-0.3, -0.25) is 0 Å². The molecule has 6 nitrogen and oxygen atoms in total. The molecule has 2 aliphatic carbocycles. The van der Waals surface area contributed by atoms with Crippen molar-refractivity contribution < 1.29 is 14.6 Å². The Morgan fingerprint density at radius 3 is 2.95 bits per heavy atom. The summed E-state index contributed by atoms with van der Waals surface area (Å²) in [7, 11) is 0. The number of hydrogen-bond donors (Lipinski definition) is 1. The van der Waals surface area contributed by atoms with Crippen LogP contribution in [-0.2, 0) is 4.74 Å². The summed E-state index contributed by atoms with van der Waals surface area (Å²) in [5, 5.41) is 14.3. The number of carbonyl (C=O) groups is 1. The van der Waals surface area contributed by atoms with Gasteiger partial charge in [-0.05, 0) is 38.0 Å². The van der Waals surface area contributed by atoms with Gasteiger partial charge in [-0.15, -0.1) is 0 Å². The van der Waals surface area contributed by atoms with Crippen molar-refractivity contribution in [2.75, 3.05) is 6.61 Å². The molecule has 0 saturated heterocycles. The van der Waals surface area contributed by atoms with Crippen molar-refractivity contribution in [1.29, 1.82) is 0 Å². The maximum atomic E-state index is 11.8. The fraction of sp³-hybridized carbons (Fsp3) is 0.562. The number of ether oxygens (including phenoxy) is 1. The van der Waals surface area contributed by atoms with Crippen molar-refractivity contribution in [1.82, 2.24) is 14.6 Å². The molecule has 0 spiro atoms. The molecule has 0 amide bonds. The summed E-state index contributed by atoms with van der Waals surface area (Å²) in [4.78, 5) is 16.4. The van der Waals surface area contributed by atoms with Crippen LogP contribution in [0, 0.1) is 11.8 Å². The lowest BCUT2D eigenvalue weighted by Gasteiger charge is -2.21. The van der Waals surface area contributed by atoms with E-state index in [1.807, 2.05) is 0 Å². The molecule has 4 rings (SSSR count). The van der Waals surface area contributed by atoms with Crippen LogP contribution in [0.1, 0.15) is 54.7 Å². The number of hydrogen-bond acceptors (Lipinski definition) is 5. The first kappa shape index (κ1) is 13.5. The predicted molar refractivity (Wildman–Crippen MR) is 78.8 cm³/mol. The first-order valence-electron chi connectivity index (χ1n) is 7.92. The minimum absolute atomic E-state index is 0.0262. The average molecular weight is 301 g/mol. The Hall–Kier alpha value is -2.11. The van der Waals surface area contributed by atoms with E-state index in [0.717, 1.165) is 18.0 Å². The van der Waals surface area contributed by atoms with Crippen LogP contribution in [0.5, 0.6) is 5.88 Å². The van der Waals surface area contributed by atoms with E-state index in [0.29, 0.717) is 24.1 Å². The zero-order valence-electron chi connectivity index (χ0n) is 12.5. The number of carbonyl (C=O) groups excluding carboxylic acids is 1. The van der Waals surface area contributed by atoms with Crippen LogP contribution in [0.2, 0.25) is 0 Å². The maximum Gasteiger partial charge on any atom is 0.358 e. The fourth-order valence-electron chi connectivity index (χ4n) is 4.08. The molecule has 2 saturated carbocycles. The van der Waals surface area contributed by atoms with E-state index in [-0.39, 0.29) is 11.6 Å². The third-order valence-electron chi connectivity index (χ3n) is 5.03. The molecule has 0 radical (unpaired) electrons. The van der Waals surface area contributed by atoms with Crippen LogP contribution in [0.4, 0.5) is 0 Å². The number of rotatable bonds is 3. The number of aromatic hydroxyl groups is 1. The van der Waals surface area contributed by atoms with E-state index in [1.165, 1.54) is 23.8 Å². The summed E-state index contributed by atoms with van der Waals surface area (Å²) in [6, 6.07) is 3.27. The van der Waals surface area contributed by atoms with Gasteiger partial charge in [-0.25, -0.2) is 9.78 Å². The number of esters is 1. The number of nitrogens with zero attached hydrogens (tertiary/aromatic N) is 3. The Bertz CT molecular complexity index is 740. The quantitative estimate of drug-likeness (QED) is 0.881. The summed E-state index contributed by atoms with van der Waals surface area (Å²) in [5.74, 6) is 1.46. The van der Waals surface area contributed by atoms with Crippen LogP contribution in [0.15, 0.2) is 12.1 Å². The van der Waals surface area contributed by atoms with Crippen molar-refractivity contribution in [3.8, 4) is 5.88 Å². The molecule has 0 aliphatic heterocycles. The Labute approximate surface area is 128 Å². The van der Waals surface area contributed by atoms with E-state index in [9.17, 15) is 9.90 Å². The summed E-state index contributed by atoms with van der Waals surface area (Å²) >= 11 is 0. The van der Waals surface area contributed by atoms with Gasteiger partial charge in [0, 0.05) is 18.1 Å². The smallest absolute Gasteiger partial charge is 0.358 e. The molecule has 2 aromatic rings. The molecule has 22 heavy (non-hydrogen) atoms. The highest BCUT2D eigenvalue weighted by atomic mass is 16.5. The van der Waals surface area contributed by atoms with Crippen LogP contribution in [-0.4, -0.2) is 32.3 Å². The second-order valence-corrected chi connectivity index (χ2v) is 6.34. The predicted octanol–water partition coefficient (Wildman–Crippen LogP) is 2.52. The topological polar surface area (TPSA) is 76.7 Å². The monoisotopic (exact) mass is 301 g/mol. The van der Waals surface area contributed by atoms with Gasteiger partial charge in [0.1, 0.15) is 0 Å². The molecule has 116 valence electrons. The van der Waals surface area contributed by atoms with E-state index in [2.05, 4.69) is 10.1 Å².